The normalized spacial score (nSPS) is 13.2. The lowest BCUT2D eigenvalue weighted by atomic mass is 10.1. The highest BCUT2D eigenvalue weighted by molar-refractivity contribution is 7.99. The molecule has 0 fully saturated rings. The van der Waals surface area contributed by atoms with E-state index in [1.807, 2.05) is 18.2 Å². The molecule has 2 aromatic carbocycles. The van der Waals surface area contributed by atoms with Crippen LogP contribution in [-0.2, 0) is 16.1 Å². The SMILES string of the molecule is CCCCCCC[C@H](OCc1ccccc1)[C@@H](OC)Sc1ccc(OC)cc1. The number of ether oxygens (including phenoxy) is 3. The lowest BCUT2D eigenvalue weighted by Gasteiger charge is -2.26. The number of benzene rings is 2. The van der Waals surface area contributed by atoms with E-state index in [0.29, 0.717) is 6.61 Å². The molecule has 4 heteroatoms. The number of thioether (sulfide) groups is 1. The Hall–Kier alpha value is -1.49. The summed E-state index contributed by atoms with van der Waals surface area (Å²) in [6.45, 7) is 2.86. The second-order valence-electron chi connectivity index (χ2n) is 6.94. The second-order valence-corrected chi connectivity index (χ2v) is 8.11. The average Bonchev–Trinajstić information content (AvgIpc) is 2.75. The van der Waals surface area contributed by atoms with Crippen LogP contribution in [0.4, 0.5) is 0 Å². The first kappa shape index (κ1) is 22.8. The van der Waals surface area contributed by atoms with Crippen molar-refractivity contribution < 1.29 is 14.2 Å². The summed E-state index contributed by atoms with van der Waals surface area (Å²) in [6.07, 6.45) is 7.36. The molecule has 0 aromatic heterocycles. The van der Waals surface area contributed by atoms with Crippen molar-refractivity contribution in [1.29, 1.82) is 0 Å². The fourth-order valence-electron chi connectivity index (χ4n) is 3.09. The Morgan fingerprint density at radius 3 is 2.21 bits per heavy atom. The number of methoxy groups -OCH3 is 2. The van der Waals surface area contributed by atoms with Gasteiger partial charge >= 0.3 is 0 Å². The van der Waals surface area contributed by atoms with Crippen molar-refractivity contribution in [2.24, 2.45) is 0 Å². The van der Waals surface area contributed by atoms with Gasteiger partial charge in [-0.3, -0.25) is 0 Å². The van der Waals surface area contributed by atoms with Crippen molar-refractivity contribution in [1.82, 2.24) is 0 Å². The van der Waals surface area contributed by atoms with Gasteiger partial charge in [0.25, 0.3) is 0 Å². The Morgan fingerprint density at radius 1 is 0.857 bits per heavy atom. The van der Waals surface area contributed by atoms with E-state index in [9.17, 15) is 0 Å². The summed E-state index contributed by atoms with van der Waals surface area (Å²) >= 11 is 1.72. The maximum Gasteiger partial charge on any atom is 0.133 e. The van der Waals surface area contributed by atoms with Gasteiger partial charge in [-0.05, 0) is 36.2 Å². The predicted molar refractivity (Wildman–Crippen MR) is 118 cm³/mol. The minimum atomic E-state index is -0.0386. The smallest absolute Gasteiger partial charge is 0.133 e. The summed E-state index contributed by atoms with van der Waals surface area (Å²) in [4.78, 5) is 1.16. The first-order chi connectivity index (χ1) is 13.8. The highest BCUT2D eigenvalue weighted by Gasteiger charge is 2.23. The minimum Gasteiger partial charge on any atom is -0.497 e. The number of hydrogen-bond acceptors (Lipinski definition) is 4. The Balaban J connectivity index is 1.97. The van der Waals surface area contributed by atoms with Crippen molar-refractivity contribution in [3.63, 3.8) is 0 Å². The third-order valence-electron chi connectivity index (χ3n) is 4.75. The molecule has 2 atom stereocenters. The number of unbranched alkanes of at least 4 members (excludes halogenated alkanes) is 4. The minimum absolute atomic E-state index is 0.0386. The first-order valence-corrected chi connectivity index (χ1v) is 11.1. The first-order valence-electron chi connectivity index (χ1n) is 10.3. The van der Waals surface area contributed by atoms with E-state index in [4.69, 9.17) is 14.2 Å². The van der Waals surface area contributed by atoms with Crippen LogP contribution in [0, 0.1) is 0 Å². The molecule has 0 N–H and O–H groups in total. The Labute approximate surface area is 174 Å². The van der Waals surface area contributed by atoms with Gasteiger partial charge in [-0.1, -0.05) is 81.1 Å². The predicted octanol–water partition coefficient (Wildman–Crippen LogP) is 6.71. The van der Waals surface area contributed by atoms with Gasteiger partial charge in [-0.2, -0.15) is 0 Å². The second kappa shape index (κ2) is 13.6. The van der Waals surface area contributed by atoms with Gasteiger partial charge in [0, 0.05) is 12.0 Å². The van der Waals surface area contributed by atoms with Crippen LogP contribution in [0.3, 0.4) is 0 Å². The molecule has 3 nitrogen and oxygen atoms in total. The van der Waals surface area contributed by atoms with Gasteiger partial charge in [-0.25, -0.2) is 0 Å². The molecule has 0 bridgehead atoms. The van der Waals surface area contributed by atoms with Crippen molar-refractivity contribution in [3.8, 4) is 5.75 Å². The van der Waals surface area contributed by atoms with E-state index in [0.717, 1.165) is 17.1 Å². The molecule has 0 unspecified atom stereocenters. The molecule has 2 rings (SSSR count). The van der Waals surface area contributed by atoms with E-state index < -0.39 is 0 Å². The zero-order valence-corrected chi connectivity index (χ0v) is 18.3. The van der Waals surface area contributed by atoms with Gasteiger partial charge in [0.2, 0.25) is 0 Å². The zero-order valence-electron chi connectivity index (χ0n) is 17.4. The fraction of sp³-hybridized carbons (Fsp3) is 0.500. The maximum absolute atomic E-state index is 6.33. The van der Waals surface area contributed by atoms with Gasteiger partial charge in [0.15, 0.2) is 0 Å². The van der Waals surface area contributed by atoms with E-state index in [2.05, 4.69) is 43.3 Å². The van der Waals surface area contributed by atoms with Crippen molar-refractivity contribution in [2.45, 2.75) is 68.5 Å². The molecule has 0 aliphatic rings. The monoisotopic (exact) mass is 402 g/mol. The third-order valence-corrected chi connectivity index (χ3v) is 6.02. The lowest BCUT2D eigenvalue weighted by Crippen LogP contribution is -2.28. The topological polar surface area (TPSA) is 27.7 Å². The molecule has 2 aromatic rings. The highest BCUT2D eigenvalue weighted by Crippen LogP contribution is 2.31. The molecule has 154 valence electrons. The molecule has 0 heterocycles. The van der Waals surface area contributed by atoms with Crippen LogP contribution in [0.25, 0.3) is 0 Å². The van der Waals surface area contributed by atoms with E-state index in [1.165, 1.54) is 37.7 Å². The summed E-state index contributed by atoms with van der Waals surface area (Å²) in [5, 5.41) is 0. The van der Waals surface area contributed by atoms with Crippen molar-refractivity contribution >= 4 is 11.8 Å². The molecular weight excluding hydrogens is 368 g/mol. The third kappa shape index (κ3) is 8.26. The van der Waals surface area contributed by atoms with E-state index in [1.54, 1.807) is 26.0 Å². The van der Waals surface area contributed by atoms with Crippen molar-refractivity contribution in [3.05, 3.63) is 60.2 Å². The van der Waals surface area contributed by atoms with Crippen molar-refractivity contribution in [2.75, 3.05) is 14.2 Å². The Morgan fingerprint density at radius 2 is 1.57 bits per heavy atom. The lowest BCUT2D eigenvalue weighted by molar-refractivity contribution is -0.0315. The van der Waals surface area contributed by atoms with Crippen LogP contribution in [0.2, 0.25) is 0 Å². The number of hydrogen-bond donors (Lipinski definition) is 0. The number of rotatable bonds is 14. The van der Waals surface area contributed by atoms with Crippen LogP contribution < -0.4 is 4.74 Å². The average molecular weight is 403 g/mol. The quantitative estimate of drug-likeness (QED) is 0.199. The van der Waals surface area contributed by atoms with E-state index in [-0.39, 0.29) is 11.5 Å². The van der Waals surface area contributed by atoms with Crippen LogP contribution in [0.1, 0.15) is 51.0 Å². The molecule has 0 spiro atoms. The standard InChI is InChI=1S/C24H34O3S/c1-4-5-6-7-11-14-23(27-19-20-12-9-8-10-13-20)24(26-3)28-22-17-15-21(25-2)16-18-22/h8-10,12-13,15-18,23-24H,4-7,11,14,19H2,1-3H3/t23-,24-/m0/s1. The summed E-state index contributed by atoms with van der Waals surface area (Å²) < 4.78 is 17.4. The van der Waals surface area contributed by atoms with E-state index >= 15 is 0 Å². The largest absolute Gasteiger partial charge is 0.497 e. The molecule has 0 radical (unpaired) electrons. The fourth-order valence-corrected chi connectivity index (χ4v) is 4.11. The van der Waals surface area contributed by atoms with Gasteiger partial charge in [-0.15, -0.1) is 0 Å². The molecule has 0 aliphatic carbocycles. The van der Waals surface area contributed by atoms with Gasteiger partial charge < -0.3 is 14.2 Å². The molecule has 0 aliphatic heterocycles. The van der Waals surface area contributed by atoms with Crippen LogP contribution in [-0.4, -0.2) is 25.8 Å². The molecule has 0 saturated heterocycles. The van der Waals surface area contributed by atoms with Crippen LogP contribution in [0.15, 0.2) is 59.5 Å². The van der Waals surface area contributed by atoms with Gasteiger partial charge in [0.1, 0.15) is 11.2 Å². The summed E-state index contributed by atoms with van der Waals surface area (Å²) in [5.41, 5.74) is 1.16. The highest BCUT2D eigenvalue weighted by atomic mass is 32.2. The maximum atomic E-state index is 6.33. The summed E-state index contributed by atoms with van der Waals surface area (Å²) in [7, 11) is 3.46. The Kier molecular flexibility index (Phi) is 11.1. The molecule has 28 heavy (non-hydrogen) atoms. The zero-order chi connectivity index (χ0) is 20.0. The van der Waals surface area contributed by atoms with Gasteiger partial charge in [0.05, 0.1) is 19.8 Å². The Bertz CT molecular complexity index is 630. The molecule has 0 amide bonds. The summed E-state index contributed by atoms with van der Waals surface area (Å²) in [6, 6.07) is 18.5. The molecular formula is C24H34O3S. The van der Waals surface area contributed by atoms with Crippen LogP contribution >= 0.6 is 11.8 Å². The summed E-state index contributed by atoms with van der Waals surface area (Å²) in [5.74, 6) is 0.867. The molecule has 0 saturated carbocycles. The van der Waals surface area contributed by atoms with Crippen LogP contribution in [0.5, 0.6) is 5.75 Å².